The largest absolute Gasteiger partial charge is 0.486 e. The Morgan fingerprint density at radius 2 is 2.10 bits per heavy atom. The van der Waals surface area contributed by atoms with E-state index in [-0.39, 0.29) is 4.90 Å². The van der Waals surface area contributed by atoms with Crippen LogP contribution in [0.15, 0.2) is 33.6 Å². The van der Waals surface area contributed by atoms with Gasteiger partial charge in [0.15, 0.2) is 0 Å². The van der Waals surface area contributed by atoms with Gasteiger partial charge in [-0.25, -0.2) is 13.6 Å². The van der Waals surface area contributed by atoms with Crippen molar-refractivity contribution in [3.63, 3.8) is 0 Å². The van der Waals surface area contributed by atoms with Crippen LogP contribution < -0.4 is 9.88 Å². The van der Waals surface area contributed by atoms with Crippen LogP contribution in [0.1, 0.15) is 18.3 Å². The van der Waals surface area contributed by atoms with Gasteiger partial charge in [0.2, 0.25) is 10.0 Å². The number of primary sulfonamides is 1. The van der Waals surface area contributed by atoms with Crippen molar-refractivity contribution in [3.8, 4) is 5.75 Å². The summed E-state index contributed by atoms with van der Waals surface area (Å²) < 4.78 is 30.6. The highest BCUT2D eigenvalue weighted by atomic mass is 79.9. The molecule has 0 aliphatic heterocycles. The van der Waals surface area contributed by atoms with Gasteiger partial charge in [-0.3, -0.25) is 4.68 Å². The molecule has 0 amide bonds. The third-order valence-corrected chi connectivity index (χ3v) is 4.42. The minimum atomic E-state index is -3.72. The number of hydrogen-bond acceptors (Lipinski definition) is 4. The number of rotatable bonds is 5. The smallest absolute Gasteiger partial charge is 0.238 e. The van der Waals surface area contributed by atoms with E-state index in [4.69, 9.17) is 9.88 Å². The monoisotopic (exact) mass is 373 g/mol. The minimum Gasteiger partial charge on any atom is -0.486 e. The Balaban J connectivity index is 2.17. The number of hydrogen-bond donors (Lipinski definition) is 1. The molecular weight excluding hydrogens is 358 g/mol. The first-order valence-electron chi connectivity index (χ1n) is 6.29. The van der Waals surface area contributed by atoms with Crippen LogP contribution in [0, 0.1) is 6.92 Å². The lowest BCUT2D eigenvalue weighted by atomic mass is 10.3. The zero-order chi connectivity index (χ0) is 15.6. The Hall–Kier alpha value is -1.38. The second kappa shape index (κ2) is 6.17. The van der Waals surface area contributed by atoms with Crippen molar-refractivity contribution >= 4 is 26.0 Å². The summed E-state index contributed by atoms with van der Waals surface area (Å²) in [5.41, 5.74) is 1.89. The molecule has 0 unspecified atom stereocenters. The summed E-state index contributed by atoms with van der Waals surface area (Å²) in [5.74, 6) is 0.545. The lowest BCUT2D eigenvalue weighted by Gasteiger charge is -2.10. The zero-order valence-electron chi connectivity index (χ0n) is 11.7. The topological polar surface area (TPSA) is 87.2 Å². The molecule has 0 aliphatic rings. The Labute approximate surface area is 132 Å². The molecule has 0 atom stereocenters. The van der Waals surface area contributed by atoms with Crippen molar-refractivity contribution in [1.82, 2.24) is 9.78 Å². The maximum absolute atomic E-state index is 11.3. The third-order valence-electron chi connectivity index (χ3n) is 2.89. The summed E-state index contributed by atoms with van der Waals surface area (Å²) in [6.07, 6.45) is 0. The number of aromatic nitrogens is 2. The Morgan fingerprint density at radius 3 is 2.67 bits per heavy atom. The maximum atomic E-state index is 11.3. The lowest BCUT2D eigenvalue weighted by molar-refractivity contribution is 0.290. The highest BCUT2D eigenvalue weighted by Crippen LogP contribution is 2.28. The first kappa shape index (κ1) is 16.0. The van der Waals surface area contributed by atoms with Crippen LogP contribution in [0.2, 0.25) is 0 Å². The van der Waals surface area contributed by atoms with Gasteiger partial charge in [-0.15, -0.1) is 0 Å². The fourth-order valence-corrected chi connectivity index (χ4v) is 3.10. The molecule has 0 fully saturated rings. The third kappa shape index (κ3) is 3.84. The van der Waals surface area contributed by atoms with Gasteiger partial charge in [0, 0.05) is 6.54 Å². The van der Waals surface area contributed by atoms with Crippen LogP contribution >= 0.6 is 15.9 Å². The molecule has 0 aliphatic carbocycles. The van der Waals surface area contributed by atoms with E-state index in [1.807, 2.05) is 24.6 Å². The van der Waals surface area contributed by atoms with Crippen molar-refractivity contribution in [3.05, 3.63) is 40.1 Å². The van der Waals surface area contributed by atoms with Crippen molar-refractivity contribution in [2.45, 2.75) is 31.9 Å². The van der Waals surface area contributed by atoms with E-state index >= 15 is 0 Å². The average Bonchev–Trinajstić information content (AvgIpc) is 2.76. The van der Waals surface area contributed by atoms with Gasteiger partial charge in [-0.1, -0.05) is 0 Å². The van der Waals surface area contributed by atoms with Gasteiger partial charge >= 0.3 is 0 Å². The molecule has 0 saturated carbocycles. The fourth-order valence-electron chi connectivity index (χ4n) is 1.92. The standard InChI is InChI=1S/C13H16BrN3O3S/c1-3-17-10(6-9(2)16-17)8-20-13-5-4-11(7-12(13)14)21(15,18)19/h4-7H,3,8H2,1-2H3,(H2,15,18,19). The number of nitrogens with zero attached hydrogens (tertiary/aromatic N) is 2. The summed E-state index contributed by atoms with van der Waals surface area (Å²) in [5, 5.41) is 9.42. The molecule has 2 rings (SSSR count). The molecular formula is C13H16BrN3O3S. The van der Waals surface area contributed by atoms with Crippen molar-refractivity contribution in [2.24, 2.45) is 5.14 Å². The molecule has 0 bridgehead atoms. The fraction of sp³-hybridized carbons (Fsp3) is 0.308. The number of aryl methyl sites for hydroxylation is 2. The molecule has 1 aromatic heterocycles. The molecule has 2 aromatic rings. The Bertz CT molecular complexity index is 756. The molecule has 114 valence electrons. The van der Waals surface area contributed by atoms with E-state index < -0.39 is 10.0 Å². The summed E-state index contributed by atoms with van der Waals surface area (Å²) in [6.45, 7) is 5.04. The molecule has 0 spiro atoms. The number of sulfonamides is 1. The predicted molar refractivity (Wildman–Crippen MR) is 82.5 cm³/mol. The van der Waals surface area contributed by atoms with Crippen LogP contribution in [-0.4, -0.2) is 18.2 Å². The summed E-state index contributed by atoms with van der Waals surface area (Å²) in [4.78, 5) is 0.0381. The first-order chi connectivity index (χ1) is 9.81. The van der Waals surface area contributed by atoms with Crippen LogP contribution in [-0.2, 0) is 23.2 Å². The van der Waals surface area contributed by atoms with E-state index in [0.29, 0.717) is 16.8 Å². The van der Waals surface area contributed by atoms with E-state index in [0.717, 1.165) is 17.9 Å². The second-order valence-electron chi connectivity index (χ2n) is 4.52. The van der Waals surface area contributed by atoms with Crippen LogP contribution in [0.25, 0.3) is 0 Å². The SMILES string of the molecule is CCn1nc(C)cc1COc1ccc(S(N)(=O)=O)cc1Br. The maximum Gasteiger partial charge on any atom is 0.238 e. The summed E-state index contributed by atoms with van der Waals surface area (Å²) >= 11 is 3.29. The van der Waals surface area contributed by atoms with Crippen molar-refractivity contribution < 1.29 is 13.2 Å². The molecule has 21 heavy (non-hydrogen) atoms. The Kier molecular flexibility index (Phi) is 4.70. The van der Waals surface area contributed by atoms with E-state index in [1.165, 1.54) is 12.1 Å². The first-order valence-corrected chi connectivity index (χ1v) is 8.63. The molecule has 1 aromatic carbocycles. The van der Waals surface area contributed by atoms with Gasteiger partial charge in [0.25, 0.3) is 0 Å². The number of halogens is 1. The van der Waals surface area contributed by atoms with E-state index in [1.54, 1.807) is 6.07 Å². The Morgan fingerprint density at radius 1 is 1.38 bits per heavy atom. The molecule has 1 heterocycles. The van der Waals surface area contributed by atoms with Crippen molar-refractivity contribution in [2.75, 3.05) is 0 Å². The highest BCUT2D eigenvalue weighted by molar-refractivity contribution is 9.10. The van der Waals surface area contributed by atoms with Gasteiger partial charge in [-0.05, 0) is 54.0 Å². The molecule has 2 N–H and O–H groups in total. The predicted octanol–water partition coefficient (Wildman–Crippen LogP) is 2.20. The van der Waals surface area contributed by atoms with Crippen LogP contribution in [0.4, 0.5) is 0 Å². The van der Waals surface area contributed by atoms with E-state index in [2.05, 4.69) is 21.0 Å². The number of nitrogens with two attached hydrogens (primary N) is 1. The molecule has 6 nitrogen and oxygen atoms in total. The van der Waals surface area contributed by atoms with Crippen molar-refractivity contribution in [1.29, 1.82) is 0 Å². The molecule has 8 heteroatoms. The van der Waals surface area contributed by atoms with Gasteiger partial charge in [0.1, 0.15) is 12.4 Å². The van der Waals surface area contributed by atoms with Gasteiger partial charge in [-0.2, -0.15) is 5.10 Å². The highest BCUT2D eigenvalue weighted by Gasteiger charge is 2.12. The molecule has 0 saturated heterocycles. The van der Waals surface area contributed by atoms with Crippen LogP contribution in [0.3, 0.4) is 0 Å². The summed E-state index contributed by atoms with van der Waals surface area (Å²) in [6, 6.07) is 6.37. The summed E-state index contributed by atoms with van der Waals surface area (Å²) in [7, 11) is -3.72. The average molecular weight is 374 g/mol. The number of benzene rings is 1. The van der Waals surface area contributed by atoms with Gasteiger partial charge < -0.3 is 4.74 Å². The second-order valence-corrected chi connectivity index (χ2v) is 6.93. The lowest BCUT2D eigenvalue weighted by Crippen LogP contribution is -2.12. The molecule has 0 radical (unpaired) electrons. The normalized spacial score (nSPS) is 11.6. The zero-order valence-corrected chi connectivity index (χ0v) is 14.1. The minimum absolute atomic E-state index is 0.0381. The van der Waals surface area contributed by atoms with Crippen LogP contribution in [0.5, 0.6) is 5.75 Å². The van der Waals surface area contributed by atoms with E-state index in [9.17, 15) is 8.42 Å². The quantitative estimate of drug-likeness (QED) is 0.869. The van der Waals surface area contributed by atoms with Gasteiger partial charge in [0.05, 0.1) is 20.8 Å². The number of ether oxygens (including phenoxy) is 1.